The Kier molecular flexibility index (Phi) is 6.90. The van der Waals surface area contributed by atoms with Crippen molar-refractivity contribution in [1.29, 1.82) is 5.26 Å². The first kappa shape index (κ1) is 27.9. The normalized spacial score (nSPS) is 25.5. The van der Waals surface area contributed by atoms with Gasteiger partial charge in [0.05, 0.1) is 11.0 Å². The average molecular weight is 600 g/mol. The molecule has 12 heteroatoms. The van der Waals surface area contributed by atoms with Gasteiger partial charge in [-0.25, -0.2) is 4.98 Å². The maximum atomic E-state index is 12.2. The number of nitrogen functional groups attached to an aromatic ring is 1. The van der Waals surface area contributed by atoms with E-state index in [4.69, 9.17) is 20.2 Å². The molecule has 3 aromatic rings. The van der Waals surface area contributed by atoms with E-state index in [0.717, 1.165) is 67.1 Å². The van der Waals surface area contributed by atoms with Crippen molar-refractivity contribution in [2.75, 3.05) is 61.8 Å². The van der Waals surface area contributed by atoms with Crippen LogP contribution in [0, 0.1) is 11.3 Å². The Morgan fingerprint density at radius 1 is 1.21 bits per heavy atom. The fourth-order valence-corrected chi connectivity index (χ4v) is 8.79. The van der Waals surface area contributed by atoms with Crippen LogP contribution in [0.25, 0.3) is 11.5 Å². The highest BCUT2D eigenvalue weighted by molar-refractivity contribution is 7.16. The molecule has 2 N–H and O–H groups in total. The summed E-state index contributed by atoms with van der Waals surface area (Å²) in [4.78, 5) is 32.5. The standard InChI is InChI=1S/C31H37N9O2S/c1-4-26(41)39-12-10-38(11-13-39)21-14-23(34-25(15-21)40-19-7-8-20(40)18-37(3)17-19)29-35-30(42-36-29)31(2)9-5-6-24-27(31)22(16-32)28(33)43-24/h4,14-15,19-20H,1,5-13,17-18,33H2,2-3H3. The SMILES string of the molecule is C=CC(=O)N1CCN(c2cc(-c3noc(C4(C)CCCc5sc(N)c(C#N)c54)n3)nc(N3C4CCC3CN(C)C4)c2)CC1. The zero-order chi connectivity index (χ0) is 29.9. The smallest absolute Gasteiger partial charge is 0.246 e. The van der Waals surface area contributed by atoms with E-state index >= 15 is 0 Å². The Bertz CT molecular complexity index is 1600. The Balaban J connectivity index is 1.27. The van der Waals surface area contributed by atoms with E-state index in [1.165, 1.54) is 17.4 Å². The Morgan fingerprint density at radius 2 is 1.95 bits per heavy atom. The van der Waals surface area contributed by atoms with E-state index in [0.29, 0.717) is 66.2 Å². The van der Waals surface area contributed by atoms with Gasteiger partial charge in [-0.15, -0.1) is 11.3 Å². The third-order valence-electron chi connectivity index (χ3n) is 9.74. The number of carbonyl (C=O) groups excluding carboxylic acids is 1. The summed E-state index contributed by atoms with van der Waals surface area (Å²) in [5.74, 6) is 1.83. The predicted molar refractivity (Wildman–Crippen MR) is 166 cm³/mol. The van der Waals surface area contributed by atoms with Gasteiger partial charge in [-0.1, -0.05) is 11.7 Å². The van der Waals surface area contributed by atoms with Gasteiger partial charge in [0.25, 0.3) is 0 Å². The number of nitriles is 1. The molecule has 0 saturated carbocycles. The molecule has 3 aliphatic heterocycles. The summed E-state index contributed by atoms with van der Waals surface area (Å²) in [5, 5.41) is 14.9. The zero-order valence-electron chi connectivity index (χ0n) is 24.8. The highest BCUT2D eigenvalue weighted by Crippen LogP contribution is 2.48. The molecular formula is C31H37N9O2S. The van der Waals surface area contributed by atoms with Crippen molar-refractivity contribution in [2.24, 2.45) is 0 Å². The first-order valence-corrected chi connectivity index (χ1v) is 15.9. The van der Waals surface area contributed by atoms with E-state index in [-0.39, 0.29) is 5.91 Å². The zero-order valence-corrected chi connectivity index (χ0v) is 25.6. The predicted octanol–water partition coefficient (Wildman–Crippen LogP) is 3.41. The number of nitrogens with zero attached hydrogens (tertiary/aromatic N) is 8. The summed E-state index contributed by atoms with van der Waals surface area (Å²) in [5.41, 5.74) is 8.82. The van der Waals surface area contributed by atoms with Gasteiger partial charge >= 0.3 is 0 Å². The highest BCUT2D eigenvalue weighted by Gasteiger charge is 2.43. The molecule has 0 spiro atoms. The Morgan fingerprint density at radius 3 is 2.65 bits per heavy atom. The highest BCUT2D eigenvalue weighted by atomic mass is 32.1. The molecule has 3 fully saturated rings. The number of amides is 1. The summed E-state index contributed by atoms with van der Waals surface area (Å²) < 4.78 is 5.99. The fourth-order valence-electron chi connectivity index (χ4n) is 7.59. The topological polar surface area (TPSA) is 132 Å². The van der Waals surface area contributed by atoms with Crippen LogP contribution >= 0.6 is 11.3 Å². The number of anilines is 3. The van der Waals surface area contributed by atoms with Crippen molar-refractivity contribution in [1.82, 2.24) is 24.9 Å². The molecule has 4 aliphatic rings. The van der Waals surface area contributed by atoms with Crippen LogP contribution in [0.1, 0.15) is 54.5 Å². The average Bonchev–Trinajstić information content (AvgIpc) is 3.71. The number of aromatic nitrogens is 3. The number of aryl methyl sites for hydroxylation is 1. The summed E-state index contributed by atoms with van der Waals surface area (Å²) in [7, 11) is 2.19. The lowest BCUT2D eigenvalue weighted by molar-refractivity contribution is -0.126. The van der Waals surface area contributed by atoms with E-state index in [2.05, 4.69) is 52.5 Å². The molecular weight excluding hydrogens is 562 g/mol. The van der Waals surface area contributed by atoms with Crippen LogP contribution in [-0.4, -0.2) is 89.2 Å². The minimum absolute atomic E-state index is 0.0320. The van der Waals surface area contributed by atoms with Gasteiger partial charge in [0.15, 0.2) is 0 Å². The number of thiophene rings is 1. The number of pyridine rings is 1. The van der Waals surface area contributed by atoms with Crippen LogP contribution in [0.15, 0.2) is 29.3 Å². The molecule has 3 aromatic heterocycles. The molecule has 3 saturated heterocycles. The van der Waals surface area contributed by atoms with Crippen LogP contribution < -0.4 is 15.5 Å². The number of hydrogen-bond donors (Lipinski definition) is 1. The molecule has 1 amide bonds. The van der Waals surface area contributed by atoms with Crippen LogP contribution in [-0.2, 0) is 16.6 Å². The van der Waals surface area contributed by atoms with Crippen molar-refractivity contribution in [2.45, 2.75) is 56.5 Å². The molecule has 43 heavy (non-hydrogen) atoms. The third-order valence-corrected chi connectivity index (χ3v) is 10.8. The van der Waals surface area contributed by atoms with Crippen molar-refractivity contribution in [3.8, 4) is 17.6 Å². The van der Waals surface area contributed by atoms with Gasteiger partial charge in [0.1, 0.15) is 22.6 Å². The fraction of sp³-hybridized carbons (Fsp3) is 0.516. The van der Waals surface area contributed by atoms with Gasteiger partial charge in [-0.2, -0.15) is 10.2 Å². The molecule has 11 nitrogen and oxygen atoms in total. The van der Waals surface area contributed by atoms with Crippen molar-refractivity contribution in [3.05, 3.63) is 46.7 Å². The lowest BCUT2D eigenvalue weighted by Gasteiger charge is -2.41. The Hall–Kier alpha value is -3.95. The maximum absolute atomic E-state index is 12.2. The van der Waals surface area contributed by atoms with Crippen molar-refractivity contribution in [3.63, 3.8) is 0 Å². The second kappa shape index (κ2) is 10.6. The van der Waals surface area contributed by atoms with E-state index in [1.54, 1.807) is 0 Å². The summed E-state index contributed by atoms with van der Waals surface area (Å²) in [6, 6.07) is 7.38. The monoisotopic (exact) mass is 599 g/mol. The molecule has 2 bridgehead atoms. The van der Waals surface area contributed by atoms with Crippen molar-refractivity contribution < 1.29 is 9.32 Å². The molecule has 7 rings (SSSR count). The van der Waals surface area contributed by atoms with E-state index in [1.807, 2.05) is 11.0 Å². The molecule has 0 aromatic carbocycles. The molecule has 0 radical (unpaired) electrons. The first-order valence-electron chi connectivity index (χ1n) is 15.1. The number of piperazine rings is 2. The van der Waals surface area contributed by atoms with E-state index < -0.39 is 5.41 Å². The van der Waals surface area contributed by atoms with Crippen LogP contribution in [0.2, 0.25) is 0 Å². The minimum atomic E-state index is -0.594. The van der Waals surface area contributed by atoms with Crippen LogP contribution in [0.3, 0.4) is 0 Å². The van der Waals surface area contributed by atoms with Gasteiger partial charge in [0.2, 0.25) is 17.6 Å². The first-order chi connectivity index (χ1) is 20.8. The van der Waals surface area contributed by atoms with Crippen molar-refractivity contribution >= 4 is 33.8 Å². The summed E-state index contributed by atoms with van der Waals surface area (Å²) in [6.45, 7) is 10.4. The Labute approximate surface area is 255 Å². The van der Waals surface area contributed by atoms with Gasteiger partial charge in [-0.05, 0) is 58.2 Å². The third kappa shape index (κ3) is 4.66. The number of likely N-dealkylation sites (N-methyl/N-ethyl adjacent to an activating group) is 1. The number of fused-ring (bicyclic) bond motifs is 3. The second-order valence-electron chi connectivity index (χ2n) is 12.5. The minimum Gasteiger partial charge on any atom is -0.389 e. The number of nitrogens with two attached hydrogens (primary N) is 1. The molecule has 3 unspecified atom stereocenters. The lowest BCUT2D eigenvalue weighted by Crippen LogP contribution is -2.53. The largest absolute Gasteiger partial charge is 0.389 e. The van der Waals surface area contributed by atoms with Gasteiger partial charge in [0, 0.05) is 73.5 Å². The number of carbonyl (C=O) groups is 1. The van der Waals surface area contributed by atoms with Crippen LogP contribution in [0.4, 0.5) is 16.5 Å². The maximum Gasteiger partial charge on any atom is 0.246 e. The number of rotatable bonds is 5. The molecule has 6 heterocycles. The molecule has 3 atom stereocenters. The summed E-state index contributed by atoms with van der Waals surface area (Å²) in [6.07, 6.45) is 6.33. The number of hydrogen-bond acceptors (Lipinski definition) is 11. The number of likely N-dealkylation sites (tertiary alicyclic amines) is 1. The van der Waals surface area contributed by atoms with Gasteiger partial charge in [-0.3, -0.25) is 4.79 Å². The van der Waals surface area contributed by atoms with Gasteiger partial charge < -0.3 is 29.9 Å². The molecule has 224 valence electrons. The molecule has 1 aliphatic carbocycles. The lowest BCUT2D eigenvalue weighted by atomic mass is 9.72. The quantitative estimate of drug-likeness (QED) is 0.435. The van der Waals surface area contributed by atoms with Crippen LogP contribution in [0.5, 0.6) is 0 Å². The summed E-state index contributed by atoms with van der Waals surface area (Å²) >= 11 is 1.50. The second-order valence-corrected chi connectivity index (χ2v) is 13.6. The van der Waals surface area contributed by atoms with E-state index in [9.17, 15) is 10.1 Å².